The summed E-state index contributed by atoms with van der Waals surface area (Å²) in [5, 5.41) is 3.04. The smallest absolute Gasteiger partial charge is 0.155 e. The van der Waals surface area contributed by atoms with Crippen LogP contribution in [0.5, 0.6) is 0 Å². The second-order valence-electron chi connectivity index (χ2n) is 27.2. The first-order valence-corrected chi connectivity index (χ1v) is 41.0. The quantitative estimate of drug-likeness (QED) is 0.0554. The Bertz CT molecular complexity index is 1730. The van der Waals surface area contributed by atoms with E-state index in [0.717, 1.165) is 182 Å². The molecule has 0 aliphatic rings. The average molecular weight is 1530 g/mol. The minimum Gasteiger partial charge on any atom is -0.381 e. The van der Waals surface area contributed by atoms with Gasteiger partial charge in [0.05, 0.1) is 6.61 Å². The molecule has 0 fully saturated rings. The van der Waals surface area contributed by atoms with Crippen molar-refractivity contribution in [2.75, 3.05) is 185 Å². The van der Waals surface area contributed by atoms with Crippen LogP contribution in [0.4, 0.5) is 0 Å². The molecule has 0 saturated heterocycles. The fraction of sp³-hybridized carbons (Fsp3) is 0.905. The van der Waals surface area contributed by atoms with Gasteiger partial charge in [-0.1, -0.05) is 146 Å². The summed E-state index contributed by atoms with van der Waals surface area (Å²) >= 11 is 0. The highest BCUT2D eigenvalue weighted by molar-refractivity contribution is 5.78. The van der Waals surface area contributed by atoms with E-state index in [2.05, 4.69) is 67.6 Å². The second-order valence-corrected chi connectivity index (χ2v) is 27.2. The largest absolute Gasteiger partial charge is 0.381 e. The van der Waals surface area contributed by atoms with Gasteiger partial charge in [-0.05, 0) is 177 Å². The molecule has 0 aromatic carbocycles. The maximum Gasteiger partial charge on any atom is 0.155 e. The molecule has 0 rings (SSSR count). The molecule has 0 atom stereocenters. The molecule has 0 aliphatic heterocycles. The van der Waals surface area contributed by atoms with Crippen LogP contribution in [0.3, 0.4) is 0 Å². The molecule has 0 aromatic heterocycles. The Morgan fingerprint density at radius 2 is 0.443 bits per heavy atom. The molecule has 0 amide bonds. The van der Waals surface area contributed by atoms with Crippen molar-refractivity contribution in [3.05, 3.63) is 0 Å². The van der Waals surface area contributed by atoms with Gasteiger partial charge in [-0.25, -0.2) is 0 Å². The molecular formula is C84H169NO21. The van der Waals surface area contributed by atoms with Crippen molar-refractivity contribution in [3.8, 4) is 0 Å². The number of Topliss-reactive ketones (excluding diaryl/α,β-unsaturated/α-hetero) is 8. The SMILES string of the molecule is CCCC(C)(C)CCOCCCOCC(C)=O.CCCCCCOCC(C)=O.CCCCCCOCCC(C)=O.CCCCCCOCCCOCC(C)=O.CCCCCOCCCOCC(C)=O.CCCCOCCCOCC(C)=O.CCCOCCCCOCC(C)=O.CNCCCCOCC(C)=O. The lowest BCUT2D eigenvalue weighted by atomic mass is 9.85. The lowest BCUT2D eigenvalue weighted by Gasteiger charge is -2.23. The van der Waals surface area contributed by atoms with E-state index < -0.39 is 0 Å². The number of unbranched alkanes of at least 4 members (excludes halogenated alkanes) is 14. The second kappa shape index (κ2) is 108. The first kappa shape index (κ1) is 119. The highest BCUT2D eigenvalue weighted by Crippen LogP contribution is 2.26. The summed E-state index contributed by atoms with van der Waals surface area (Å²) < 4.78 is 67.9. The van der Waals surface area contributed by atoms with Crippen LogP contribution in [0.25, 0.3) is 0 Å². The normalized spacial score (nSPS) is 10.5. The number of hydrogen-bond acceptors (Lipinski definition) is 22. The summed E-state index contributed by atoms with van der Waals surface area (Å²) in [5.74, 6) is 0.813. The molecule has 0 spiro atoms. The van der Waals surface area contributed by atoms with E-state index in [1.165, 1.54) is 131 Å². The Morgan fingerprint density at radius 1 is 0.217 bits per heavy atom. The minimum atomic E-state index is 0.0758. The van der Waals surface area contributed by atoms with Gasteiger partial charge in [-0.3, -0.25) is 38.4 Å². The topological polar surface area (TPSA) is 269 Å². The molecule has 0 unspecified atom stereocenters. The van der Waals surface area contributed by atoms with Crippen molar-refractivity contribution in [1.82, 2.24) is 5.32 Å². The number of carbonyl (C=O) groups excluding carboxylic acids is 8. The monoisotopic (exact) mass is 1530 g/mol. The summed E-state index contributed by atoms with van der Waals surface area (Å²) in [7, 11) is 1.93. The van der Waals surface area contributed by atoms with Gasteiger partial charge >= 0.3 is 0 Å². The van der Waals surface area contributed by atoms with Crippen LogP contribution in [0.15, 0.2) is 0 Å². The van der Waals surface area contributed by atoms with Crippen LogP contribution in [-0.2, 0) is 99.9 Å². The van der Waals surface area contributed by atoms with Gasteiger partial charge in [0.2, 0.25) is 0 Å². The summed E-state index contributed by atoms with van der Waals surface area (Å²) in [6.45, 7) is 48.7. The number of nitrogens with one attached hydrogen (secondary N) is 1. The van der Waals surface area contributed by atoms with E-state index in [4.69, 9.17) is 61.6 Å². The molecule has 0 heterocycles. The third kappa shape index (κ3) is 154. The molecule has 0 saturated carbocycles. The predicted octanol–water partition coefficient (Wildman–Crippen LogP) is 16.9. The van der Waals surface area contributed by atoms with Crippen LogP contribution < -0.4 is 5.32 Å². The molecular weight excluding hydrogens is 1360 g/mol. The number of carbonyl (C=O) groups is 8. The zero-order valence-electron chi connectivity index (χ0n) is 71.9. The van der Waals surface area contributed by atoms with Gasteiger partial charge in [0.15, 0.2) is 40.5 Å². The third-order valence-corrected chi connectivity index (χ3v) is 14.0. The fourth-order valence-electron chi connectivity index (χ4n) is 8.19. The average Bonchev–Trinajstić information content (AvgIpc) is 1.03. The number of rotatable bonds is 72. The Hall–Kier alpha value is -3.20. The van der Waals surface area contributed by atoms with Gasteiger partial charge in [0, 0.05) is 125 Å². The van der Waals surface area contributed by atoms with Gasteiger partial charge < -0.3 is 66.9 Å². The van der Waals surface area contributed by atoms with E-state index >= 15 is 0 Å². The van der Waals surface area contributed by atoms with Crippen LogP contribution in [0.2, 0.25) is 0 Å². The van der Waals surface area contributed by atoms with Crippen molar-refractivity contribution in [3.63, 3.8) is 0 Å². The Balaban J connectivity index is -0.000000173. The lowest BCUT2D eigenvalue weighted by Crippen LogP contribution is -2.15. The third-order valence-electron chi connectivity index (χ3n) is 14.0. The van der Waals surface area contributed by atoms with Crippen molar-refractivity contribution >= 4 is 46.3 Å². The van der Waals surface area contributed by atoms with Gasteiger partial charge in [0.1, 0.15) is 52.0 Å². The van der Waals surface area contributed by atoms with E-state index in [0.29, 0.717) is 58.1 Å². The first-order chi connectivity index (χ1) is 50.9. The van der Waals surface area contributed by atoms with Crippen molar-refractivity contribution in [2.24, 2.45) is 5.41 Å². The van der Waals surface area contributed by atoms with Crippen LogP contribution in [0.1, 0.15) is 310 Å². The maximum atomic E-state index is 10.6. The van der Waals surface area contributed by atoms with Gasteiger partial charge in [0.25, 0.3) is 0 Å². The lowest BCUT2D eigenvalue weighted by molar-refractivity contribution is -0.122. The molecule has 106 heavy (non-hydrogen) atoms. The number of ether oxygens (including phenoxy) is 13. The molecule has 0 bridgehead atoms. The molecule has 22 nitrogen and oxygen atoms in total. The Morgan fingerprint density at radius 3 is 0.717 bits per heavy atom. The van der Waals surface area contributed by atoms with Crippen molar-refractivity contribution in [1.29, 1.82) is 0 Å². The highest BCUT2D eigenvalue weighted by Gasteiger charge is 2.16. The van der Waals surface area contributed by atoms with Crippen LogP contribution in [-0.4, -0.2) is 232 Å². The van der Waals surface area contributed by atoms with Crippen molar-refractivity contribution in [2.45, 2.75) is 310 Å². The van der Waals surface area contributed by atoms with Crippen molar-refractivity contribution < 1.29 is 99.9 Å². The summed E-state index contributed by atoms with van der Waals surface area (Å²) in [6.07, 6.45) is 33.4. The highest BCUT2D eigenvalue weighted by atomic mass is 16.5. The standard InChI is InChI=1S/C14H28O3.C12H24O3.C11H22O3.2C10H20O3.C10H20O2.C9H18O2.C8H17NO2/c1-5-7-14(3,4)8-11-16-9-6-10-17-12-13(2)15;1-3-4-5-6-8-14-9-7-10-15-11-12(2)13;1-3-4-5-7-13-8-6-9-14-10-11(2)12;1-3-6-12-7-4-5-8-13-9-10(2)11;1-3-4-6-12-7-5-8-13-9-10(2)11;1-3-4-5-6-8-12-9-7-10(2)11;1-3-4-5-6-7-11-8-9(2)10;1-8(10)7-11-6-4-3-5-9-2/h5-12H2,1-4H3;3-11H2,1-2H3;3-10H2,1-2H3;2*3-9H2,1-2H3;3-9H2,1-2H3;3-8H2,1-2H3;9H,3-7H2,1-2H3. The maximum absolute atomic E-state index is 10.6. The number of ketones is 8. The van der Waals surface area contributed by atoms with E-state index in [1.807, 2.05) is 7.05 Å². The van der Waals surface area contributed by atoms with E-state index in [1.54, 1.807) is 13.8 Å². The summed E-state index contributed by atoms with van der Waals surface area (Å²) in [5.41, 5.74) is 0.389. The zero-order chi connectivity index (χ0) is 81.3. The van der Waals surface area contributed by atoms with Crippen LogP contribution in [0, 0.1) is 5.41 Å². The number of hydrogen-bond donors (Lipinski definition) is 1. The van der Waals surface area contributed by atoms with E-state index in [9.17, 15) is 38.4 Å². The van der Waals surface area contributed by atoms with Gasteiger partial charge in [-0.15, -0.1) is 0 Å². The zero-order valence-corrected chi connectivity index (χ0v) is 71.9. The predicted molar refractivity (Wildman–Crippen MR) is 432 cm³/mol. The molecule has 22 heteroatoms. The molecule has 636 valence electrons. The molecule has 0 radical (unpaired) electrons. The first-order valence-electron chi connectivity index (χ1n) is 41.0. The van der Waals surface area contributed by atoms with E-state index in [-0.39, 0.29) is 92.5 Å². The summed E-state index contributed by atoms with van der Waals surface area (Å²) in [4.78, 5) is 83.8. The Kier molecular flexibility index (Phi) is 121. The van der Waals surface area contributed by atoms with Gasteiger partial charge in [-0.2, -0.15) is 0 Å². The van der Waals surface area contributed by atoms with Crippen LogP contribution >= 0.6 is 0 Å². The minimum absolute atomic E-state index is 0.0758. The molecule has 0 aromatic rings. The summed E-state index contributed by atoms with van der Waals surface area (Å²) in [6, 6.07) is 0. The molecule has 0 aliphatic carbocycles. The molecule has 1 N–H and O–H groups in total. The Labute approximate surface area is 649 Å². The fourth-order valence-corrected chi connectivity index (χ4v) is 8.19.